The SMILES string of the molecule is COCC1CCN(C)C2(C1)CN(C(=O)C1CC(F)(F)C1)C2.O=C(O)C(F)(F)F. The highest BCUT2D eigenvalue weighted by Gasteiger charge is 2.55. The van der Waals surface area contributed by atoms with E-state index >= 15 is 0 Å². The van der Waals surface area contributed by atoms with Crippen LogP contribution in [0.5, 0.6) is 0 Å². The van der Waals surface area contributed by atoms with Gasteiger partial charge in [0.15, 0.2) is 0 Å². The maximum absolute atomic E-state index is 12.9. The number of methoxy groups -OCH3 is 1. The Balaban J connectivity index is 0.000000345. The molecule has 2 aliphatic heterocycles. The maximum Gasteiger partial charge on any atom is 0.490 e. The van der Waals surface area contributed by atoms with Crippen molar-refractivity contribution in [1.82, 2.24) is 9.80 Å². The van der Waals surface area contributed by atoms with Gasteiger partial charge in [0.2, 0.25) is 11.8 Å². The summed E-state index contributed by atoms with van der Waals surface area (Å²) in [5.41, 5.74) is 0.0450. The largest absolute Gasteiger partial charge is 0.490 e. The Bertz CT molecular complexity index is 585. The number of likely N-dealkylation sites (tertiary alicyclic amines) is 2. The molecule has 3 aliphatic rings. The van der Waals surface area contributed by atoms with E-state index in [0.29, 0.717) is 19.0 Å². The van der Waals surface area contributed by atoms with E-state index in [2.05, 4.69) is 11.9 Å². The molecule has 2 heterocycles. The first-order valence-electron chi connectivity index (χ1n) is 8.96. The van der Waals surface area contributed by atoms with Crippen molar-refractivity contribution >= 4 is 11.9 Å². The van der Waals surface area contributed by atoms with Crippen molar-refractivity contribution in [2.45, 2.75) is 43.3 Å². The van der Waals surface area contributed by atoms with Gasteiger partial charge in [0.05, 0.1) is 5.54 Å². The summed E-state index contributed by atoms with van der Waals surface area (Å²) >= 11 is 0. The van der Waals surface area contributed by atoms with Gasteiger partial charge < -0.3 is 14.7 Å². The third kappa shape index (κ3) is 5.11. The first kappa shape index (κ1) is 22.8. The fraction of sp³-hybridized carbons (Fsp3) is 0.882. The number of piperidine rings is 1. The molecule has 6 nitrogen and oxygen atoms in total. The van der Waals surface area contributed by atoms with E-state index in [4.69, 9.17) is 14.6 Å². The summed E-state index contributed by atoms with van der Waals surface area (Å²) in [5, 5.41) is 7.12. The third-order valence-electron chi connectivity index (χ3n) is 5.72. The average Bonchev–Trinajstić information content (AvgIpc) is 2.51. The number of likely N-dealkylation sites (N-methyl/N-ethyl adjacent to an activating group) is 1. The predicted molar refractivity (Wildman–Crippen MR) is 87.9 cm³/mol. The lowest BCUT2D eigenvalue weighted by molar-refractivity contribution is -0.192. The number of halogens is 5. The van der Waals surface area contributed by atoms with E-state index in [1.807, 2.05) is 0 Å². The molecule has 0 aromatic rings. The number of carboxylic acids is 1. The molecule has 3 rings (SSSR count). The van der Waals surface area contributed by atoms with E-state index in [1.165, 1.54) is 0 Å². The number of aliphatic carboxylic acids is 1. The van der Waals surface area contributed by atoms with Crippen LogP contribution in [0.4, 0.5) is 22.0 Å². The van der Waals surface area contributed by atoms with Crippen LogP contribution in [0.25, 0.3) is 0 Å². The van der Waals surface area contributed by atoms with Crippen molar-refractivity contribution in [1.29, 1.82) is 0 Å². The van der Waals surface area contributed by atoms with Gasteiger partial charge >= 0.3 is 12.1 Å². The van der Waals surface area contributed by atoms with Crippen LogP contribution in [0.3, 0.4) is 0 Å². The van der Waals surface area contributed by atoms with Gasteiger partial charge in [-0.2, -0.15) is 13.2 Å². The fourth-order valence-electron chi connectivity index (χ4n) is 4.07. The van der Waals surface area contributed by atoms with Crippen molar-refractivity contribution in [3.63, 3.8) is 0 Å². The number of ether oxygens (including phenoxy) is 1. The number of hydrogen-bond donors (Lipinski definition) is 1. The molecular formula is C17H25F5N2O4. The molecule has 3 fully saturated rings. The minimum atomic E-state index is -5.08. The van der Waals surface area contributed by atoms with Gasteiger partial charge in [-0.1, -0.05) is 0 Å². The normalized spacial score (nSPS) is 26.7. The molecule has 28 heavy (non-hydrogen) atoms. The quantitative estimate of drug-likeness (QED) is 0.715. The molecule has 1 amide bonds. The number of rotatable bonds is 3. The Kier molecular flexibility index (Phi) is 6.59. The van der Waals surface area contributed by atoms with E-state index in [1.54, 1.807) is 12.0 Å². The molecule has 1 spiro atoms. The highest BCUT2D eigenvalue weighted by molar-refractivity contribution is 5.81. The zero-order valence-corrected chi connectivity index (χ0v) is 15.8. The number of carbonyl (C=O) groups is 2. The Morgan fingerprint density at radius 1 is 1.18 bits per heavy atom. The van der Waals surface area contributed by atoms with E-state index in [-0.39, 0.29) is 24.3 Å². The second-order valence-electron chi connectivity index (χ2n) is 7.92. The van der Waals surface area contributed by atoms with E-state index in [9.17, 15) is 26.7 Å². The average molecular weight is 416 g/mol. The molecule has 1 saturated carbocycles. The Hall–Kier alpha value is -1.49. The lowest BCUT2D eigenvalue weighted by atomic mass is 9.73. The highest BCUT2D eigenvalue weighted by Crippen LogP contribution is 2.45. The number of alkyl halides is 5. The monoisotopic (exact) mass is 416 g/mol. The van der Waals surface area contributed by atoms with Crippen LogP contribution in [-0.2, 0) is 14.3 Å². The van der Waals surface area contributed by atoms with Gasteiger partial charge in [0.1, 0.15) is 0 Å². The molecule has 0 radical (unpaired) electrons. The molecule has 1 N–H and O–H groups in total. The minimum absolute atomic E-state index is 0.0450. The Morgan fingerprint density at radius 3 is 2.14 bits per heavy atom. The van der Waals surface area contributed by atoms with Crippen LogP contribution >= 0.6 is 0 Å². The van der Waals surface area contributed by atoms with E-state index in [0.717, 1.165) is 26.0 Å². The number of nitrogens with zero attached hydrogens (tertiary/aromatic N) is 2. The zero-order chi connectivity index (χ0) is 21.3. The lowest BCUT2D eigenvalue weighted by Gasteiger charge is -2.59. The molecule has 1 atom stereocenters. The van der Waals surface area contributed by atoms with E-state index < -0.39 is 24.0 Å². The van der Waals surface area contributed by atoms with Gasteiger partial charge in [0, 0.05) is 45.6 Å². The van der Waals surface area contributed by atoms with Gasteiger partial charge in [0.25, 0.3) is 0 Å². The first-order valence-corrected chi connectivity index (χ1v) is 8.96. The number of amides is 1. The van der Waals surface area contributed by atoms with Crippen molar-refractivity contribution in [3.8, 4) is 0 Å². The van der Waals surface area contributed by atoms with Crippen molar-refractivity contribution in [3.05, 3.63) is 0 Å². The van der Waals surface area contributed by atoms with Gasteiger partial charge in [-0.15, -0.1) is 0 Å². The second-order valence-corrected chi connectivity index (χ2v) is 7.92. The molecule has 162 valence electrons. The number of carbonyl (C=O) groups excluding carboxylic acids is 1. The molecule has 0 aromatic heterocycles. The molecule has 1 aliphatic carbocycles. The minimum Gasteiger partial charge on any atom is -0.475 e. The molecule has 2 saturated heterocycles. The summed E-state index contributed by atoms with van der Waals surface area (Å²) in [4.78, 5) is 25.2. The van der Waals surface area contributed by atoms with Crippen LogP contribution < -0.4 is 0 Å². The topological polar surface area (TPSA) is 70.1 Å². The van der Waals surface area contributed by atoms with Crippen molar-refractivity contribution in [2.24, 2.45) is 11.8 Å². The lowest BCUT2D eigenvalue weighted by Crippen LogP contribution is -2.73. The summed E-state index contributed by atoms with van der Waals surface area (Å²) in [7, 11) is 3.82. The Labute approximate surface area is 159 Å². The molecule has 0 aromatic carbocycles. The van der Waals surface area contributed by atoms with Gasteiger partial charge in [-0.3, -0.25) is 9.69 Å². The van der Waals surface area contributed by atoms with Crippen LogP contribution in [0.15, 0.2) is 0 Å². The molecular weight excluding hydrogens is 391 g/mol. The van der Waals surface area contributed by atoms with Crippen LogP contribution in [0.2, 0.25) is 0 Å². The van der Waals surface area contributed by atoms with Crippen LogP contribution in [0, 0.1) is 11.8 Å². The fourth-order valence-corrected chi connectivity index (χ4v) is 4.07. The summed E-state index contributed by atoms with van der Waals surface area (Å²) in [5.74, 6) is -5.37. The maximum atomic E-state index is 12.9. The van der Waals surface area contributed by atoms with Crippen molar-refractivity contribution in [2.75, 3.05) is 40.4 Å². The zero-order valence-electron chi connectivity index (χ0n) is 15.8. The van der Waals surface area contributed by atoms with Crippen molar-refractivity contribution < 1.29 is 41.4 Å². The Morgan fingerprint density at radius 2 is 1.71 bits per heavy atom. The summed E-state index contributed by atoms with van der Waals surface area (Å²) < 4.78 is 62.8. The number of hydrogen-bond acceptors (Lipinski definition) is 4. The smallest absolute Gasteiger partial charge is 0.475 e. The highest BCUT2D eigenvalue weighted by atomic mass is 19.4. The van der Waals surface area contributed by atoms with Gasteiger partial charge in [-0.05, 0) is 32.4 Å². The summed E-state index contributed by atoms with van der Waals surface area (Å²) in [6, 6.07) is 0. The van der Waals surface area contributed by atoms with Gasteiger partial charge in [-0.25, -0.2) is 13.6 Å². The molecule has 11 heteroatoms. The number of carboxylic acid groups (broad SMARTS) is 1. The van der Waals surface area contributed by atoms with Crippen LogP contribution in [0.1, 0.15) is 25.7 Å². The molecule has 1 unspecified atom stereocenters. The van der Waals surface area contributed by atoms with Crippen LogP contribution in [-0.4, -0.2) is 84.8 Å². The summed E-state index contributed by atoms with van der Waals surface area (Å²) in [6.07, 6.45) is -3.47. The third-order valence-corrected chi connectivity index (χ3v) is 5.72. The standard InChI is InChI=1S/C15H24F2N2O2.C2HF3O2/c1-18-4-3-11(8-21-2)5-14(18)9-19(10-14)13(20)12-6-15(16,17)7-12;3-2(4,5)1(6)7/h11-12H,3-10H2,1-2H3;(H,6,7). The molecule has 0 bridgehead atoms. The first-order chi connectivity index (χ1) is 12.8. The second kappa shape index (κ2) is 8.10. The summed E-state index contributed by atoms with van der Waals surface area (Å²) in [6.45, 7) is 3.14. The predicted octanol–water partition coefficient (Wildman–Crippen LogP) is 2.23.